The number of rotatable bonds is 6. The number of nitrogens with zero attached hydrogens (tertiary/aromatic N) is 3. The number of benzene rings is 2. The van der Waals surface area contributed by atoms with Crippen LogP contribution in [-0.4, -0.2) is 106 Å². The summed E-state index contributed by atoms with van der Waals surface area (Å²) in [6, 6.07) is 16.0. The molecule has 3 aliphatic rings. The number of hydrogen-bond acceptors (Lipinski definition) is 8. The number of para-hydroxylation sites is 1. The highest BCUT2D eigenvalue weighted by molar-refractivity contribution is 7.89. The van der Waals surface area contributed by atoms with E-state index in [-0.39, 0.29) is 43.1 Å². The third-order valence-electron chi connectivity index (χ3n) is 7.74. The molecule has 3 saturated heterocycles. The van der Waals surface area contributed by atoms with Gasteiger partial charge in [-0.3, -0.25) is 4.79 Å². The molecule has 0 unspecified atom stereocenters. The Bertz CT molecular complexity index is 1220. The van der Waals surface area contributed by atoms with Crippen LogP contribution in [0.4, 0.5) is 5.69 Å². The molecule has 39 heavy (non-hydrogen) atoms. The van der Waals surface area contributed by atoms with Crippen LogP contribution in [0, 0.1) is 0 Å². The van der Waals surface area contributed by atoms with E-state index in [0.717, 1.165) is 18.8 Å². The topological polar surface area (TPSA) is 109 Å². The molecule has 10 nitrogen and oxygen atoms in total. The number of piperazine rings is 1. The van der Waals surface area contributed by atoms with Crippen molar-refractivity contribution in [1.29, 1.82) is 0 Å². The maximum atomic E-state index is 13.7. The fourth-order valence-electron chi connectivity index (χ4n) is 5.64. The van der Waals surface area contributed by atoms with Crippen molar-refractivity contribution in [1.82, 2.24) is 9.21 Å². The van der Waals surface area contributed by atoms with Crippen LogP contribution < -0.4 is 9.64 Å². The van der Waals surface area contributed by atoms with E-state index in [0.29, 0.717) is 31.7 Å². The van der Waals surface area contributed by atoms with E-state index < -0.39 is 28.3 Å². The Labute approximate surface area is 230 Å². The van der Waals surface area contributed by atoms with Crippen LogP contribution in [0.3, 0.4) is 0 Å². The van der Waals surface area contributed by atoms with E-state index in [1.807, 2.05) is 23.1 Å². The molecule has 0 saturated carbocycles. The first-order chi connectivity index (χ1) is 18.8. The van der Waals surface area contributed by atoms with Crippen LogP contribution in [0.5, 0.6) is 5.75 Å². The van der Waals surface area contributed by atoms with Gasteiger partial charge in [-0.2, -0.15) is 4.31 Å². The Morgan fingerprint density at radius 1 is 1.03 bits per heavy atom. The van der Waals surface area contributed by atoms with Gasteiger partial charge >= 0.3 is 0 Å². The van der Waals surface area contributed by atoms with Gasteiger partial charge in [0, 0.05) is 44.5 Å². The molecular formula is C28H37N3O7S. The van der Waals surface area contributed by atoms with E-state index in [9.17, 15) is 18.3 Å². The van der Waals surface area contributed by atoms with Crippen LogP contribution >= 0.6 is 0 Å². The minimum atomic E-state index is -3.95. The van der Waals surface area contributed by atoms with E-state index >= 15 is 0 Å². The van der Waals surface area contributed by atoms with Gasteiger partial charge in [-0.15, -0.1) is 0 Å². The first-order valence-corrected chi connectivity index (χ1v) is 14.9. The maximum absolute atomic E-state index is 13.7. The summed E-state index contributed by atoms with van der Waals surface area (Å²) in [5.74, 6) is 0.487. The minimum Gasteiger partial charge on any atom is -0.497 e. The molecule has 2 aromatic rings. The quantitative estimate of drug-likeness (QED) is 0.570. The van der Waals surface area contributed by atoms with Gasteiger partial charge in [0.25, 0.3) is 0 Å². The molecule has 5 rings (SSSR count). The van der Waals surface area contributed by atoms with Crippen molar-refractivity contribution in [3.63, 3.8) is 0 Å². The number of sulfonamides is 1. The fraction of sp³-hybridized carbons (Fsp3) is 0.536. The van der Waals surface area contributed by atoms with Crippen molar-refractivity contribution < 1.29 is 32.5 Å². The third kappa shape index (κ3) is 6.38. The van der Waals surface area contributed by atoms with Crippen LogP contribution in [0.1, 0.15) is 19.3 Å². The van der Waals surface area contributed by atoms with Gasteiger partial charge in [0.1, 0.15) is 5.75 Å². The third-order valence-corrected chi connectivity index (χ3v) is 9.62. The van der Waals surface area contributed by atoms with Crippen molar-refractivity contribution in [2.45, 2.75) is 48.5 Å². The van der Waals surface area contributed by atoms with Crippen LogP contribution in [0.2, 0.25) is 0 Å². The van der Waals surface area contributed by atoms with Crippen molar-refractivity contribution in [2.75, 3.05) is 57.9 Å². The van der Waals surface area contributed by atoms with Crippen molar-refractivity contribution in [3.05, 3.63) is 54.6 Å². The number of fused-ring (bicyclic) bond motifs is 1. The van der Waals surface area contributed by atoms with Gasteiger partial charge in [0.2, 0.25) is 15.9 Å². The number of carbonyl (C=O) groups is 1. The molecule has 11 heteroatoms. The summed E-state index contributed by atoms with van der Waals surface area (Å²) in [7, 11) is -2.46. The molecule has 0 aliphatic carbocycles. The molecule has 3 fully saturated rings. The fourth-order valence-corrected chi connectivity index (χ4v) is 7.40. The lowest BCUT2D eigenvalue weighted by Gasteiger charge is -2.44. The largest absolute Gasteiger partial charge is 0.497 e. The highest BCUT2D eigenvalue weighted by Crippen LogP contribution is 2.32. The number of amides is 1. The standard InChI is InChI=1S/C28H37N3O7S/c1-36-23-8-5-9-25(16-23)39(34,35)31-18-22(32)19-37-20-27-26(31)11-10-24(38-27)17-28(33)30-14-12-29(13-15-30)21-6-3-2-4-7-21/h2-9,16,22,24,26-27,32H,10-15,17-20H2,1H3/t22-,24+,26+,27-/m1/s1. The SMILES string of the molecule is COc1cccc(S(=O)(=O)N2C[C@@H](O)COC[C@H]3O[C@H](CC(=O)N4CCN(c5ccccc5)CC4)CC[C@@H]32)c1. The molecule has 3 heterocycles. The molecule has 212 valence electrons. The molecule has 0 radical (unpaired) electrons. The first kappa shape index (κ1) is 27.9. The van der Waals surface area contributed by atoms with E-state index in [2.05, 4.69) is 17.0 Å². The number of hydrogen-bond donors (Lipinski definition) is 1. The van der Waals surface area contributed by atoms with E-state index in [4.69, 9.17) is 14.2 Å². The summed E-state index contributed by atoms with van der Waals surface area (Å²) in [5, 5.41) is 10.4. The van der Waals surface area contributed by atoms with E-state index in [1.54, 1.807) is 12.1 Å². The molecular weight excluding hydrogens is 522 g/mol. The number of β-amino-alcohol motifs (C(OH)–C–C–N with tert-alkyl or cyclic N) is 1. The minimum absolute atomic E-state index is 0.00595. The zero-order valence-electron chi connectivity index (χ0n) is 22.2. The summed E-state index contributed by atoms with van der Waals surface area (Å²) in [5.41, 5.74) is 1.16. The number of aliphatic hydroxyl groups is 1. The number of carbonyl (C=O) groups excluding carboxylic acids is 1. The summed E-state index contributed by atoms with van der Waals surface area (Å²) in [6.07, 6.45) is -0.527. The van der Waals surface area contributed by atoms with Crippen molar-refractivity contribution in [3.8, 4) is 5.75 Å². The van der Waals surface area contributed by atoms with Gasteiger partial charge in [0.05, 0.1) is 56.0 Å². The second-order valence-corrected chi connectivity index (χ2v) is 12.2. The molecule has 0 aromatic heterocycles. The van der Waals surface area contributed by atoms with Crippen molar-refractivity contribution in [2.24, 2.45) is 0 Å². The highest BCUT2D eigenvalue weighted by atomic mass is 32.2. The molecule has 1 amide bonds. The van der Waals surface area contributed by atoms with Crippen LogP contribution in [-0.2, 0) is 24.3 Å². The lowest BCUT2D eigenvalue weighted by atomic mass is 9.96. The lowest BCUT2D eigenvalue weighted by Crippen LogP contribution is -2.57. The maximum Gasteiger partial charge on any atom is 0.243 e. The molecule has 0 spiro atoms. The second kappa shape index (κ2) is 12.2. The average Bonchev–Trinajstić information content (AvgIpc) is 2.96. The van der Waals surface area contributed by atoms with E-state index in [1.165, 1.54) is 23.5 Å². The Morgan fingerprint density at radius 3 is 2.54 bits per heavy atom. The Kier molecular flexibility index (Phi) is 8.73. The smallest absolute Gasteiger partial charge is 0.243 e. The van der Waals surface area contributed by atoms with Gasteiger partial charge in [-0.05, 0) is 37.1 Å². The molecule has 0 bridgehead atoms. The predicted molar refractivity (Wildman–Crippen MR) is 145 cm³/mol. The second-order valence-electron chi connectivity index (χ2n) is 10.3. The molecule has 2 aromatic carbocycles. The summed E-state index contributed by atoms with van der Waals surface area (Å²) in [4.78, 5) is 17.4. The average molecular weight is 560 g/mol. The number of anilines is 1. The summed E-state index contributed by atoms with van der Waals surface area (Å²) in [6.45, 7) is 2.91. The van der Waals surface area contributed by atoms with Gasteiger partial charge < -0.3 is 29.1 Å². The Balaban J connectivity index is 1.23. The first-order valence-electron chi connectivity index (χ1n) is 13.5. The number of methoxy groups -OCH3 is 1. The lowest BCUT2D eigenvalue weighted by molar-refractivity contribution is -0.151. The normalized spacial score (nSPS) is 26.8. The monoisotopic (exact) mass is 559 g/mol. The summed E-state index contributed by atoms with van der Waals surface area (Å²) < 4.78 is 46.0. The number of aliphatic hydroxyl groups excluding tert-OH is 1. The molecule has 1 N–H and O–H groups in total. The van der Waals surface area contributed by atoms with Gasteiger partial charge in [0.15, 0.2) is 0 Å². The number of ether oxygens (including phenoxy) is 3. The Hall–Kier alpha value is -2.70. The highest BCUT2D eigenvalue weighted by Gasteiger charge is 2.43. The zero-order chi connectivity index (χ0) is 27.4. The van der Waals surface area contributed by atoms with Crippen LogP contribution in [0.15, 0.2) is 59.5 Å². The van der Waals surface area contributed by atoms with Crippen molar-refractivity contribution >= 4 is 21.6 Å². The Morgan fingerprint density at radius 2 is 1.79 bits per heavy atom. The van der Waals surface area contributed by atoms with Gasteiger partial charge in [-0.25, -0.2) is 8.42 Å². The summed E-state index contributed by atoms with van der Waals surface area (Å²) >= 11 is 0. The zero-order valence-corrected chi connectivity index (χ0v) is 23.0. The molecule has 3 aliphatic heterocycles. The predicted octanol–water partition coefficient (Wildman–Crippen LogP) is 1.73. The van der Waals surface area contributed by atoms with Crippen LogP contribution in [0.25, 0.3) is 0 Å². The molecule has 4 atom stereocenters. The van der Waals surface area contributed by atoms with Gasteiger partial charge in [-0.1, -0.05) is 24.3 Å².